The molecule has 3 nitrogen and oxygen atoms in total. The molecule has 0 saturated heterocycles. The summed E-state index contributed by atoms with van der Waals surface area (Å²) in [5.41, 5.74) is 0.996. The Bertz CT molecular complexity index is 441. The number of hydrogen-bond donors (Lipinski definition) is 1. The van der Waals surface area contributed by atoms with Crippen LogP contribution < -0.4 is 4.74 Å². The second kappa shape index (κ2) is 13.0. The number of aromatic hydroxyl groups is 1. The molecule has 1 aromatic rings. The summed E-state index contributed by atoms with van der Waals surface area (Å²) < 4.78 is 10.7. The van der Waals surface area contributed by atoms with E-state index in [1.165, 1.54) is 44.9 Å². The quantitative estimate of drug-likeness (QED) is 0.483. The highest BCUT2D eigenvalue weighted by atomic mass is 16.5. The molecular weight excluding hydrogens is 288 g/mol. The summed E-state index contributed by atoms with van der Waals surface area (Å²) in [7, 11) is 1.55. The minimum atomic E-state index is 0.163. The first-order valence-electron chi connectivity index (χ1n) is 8.89. The summed E-state index contributed by atoms with van der Waals surface area (Å²) >= 11 is 0. The molecule has 1 rings (SSSR count). The molecule has 130 valence electrons. The van der Waals surface area contributed by atoms with Crippen LogP contribution in [-0.2, 0) is 4.74 Å². The van der Waals surface area contributed by atoms with Crippen LogP contribution in [0.25, 0.3) is 6.08 Å². The Morgan fingerprint density at radius 1 is 1.00 bits per heavy atom. The summed E-state index contributed by atoms with van der Waals surface area (Å²) in [5, 5.41) is 9.53. The first-order chi connectivity index (χ1) is 11.3. The van der Waals surface area contributed by atoms with Crippen LogP contribution in [0.2, 0.25) is 0 Å². The molecule has 0 bridgehead atoms. The van der Waals surface area contributed by atoms with E-state index in [0.717, 1.165) is 18.6 Å². The van der Waals surface area contributed by atoms with Crippen molar-refractivity contribution in [3.63, 3.8) is 0 Å². The Balaban J connectivity index is 2.02. The lowest BCUT2D eigenvalue weighted by atomic mass is 10.1. The van der Waals surface area contributed by atoms with Crippen molar-refractivity contribution >= 4 is 6.08 Å². The Kier molecular flexibility index (Phi) is 11.1. The lowest BCUT2D eigenvalue weighted by Crippen LogP contribution is -1.94. The highest BCUT2D eigenvalue weighted by molar-refractivity contribution is 5.55. The maximum Gasteiger partial charge on any atom is 0.161 e. The maximum atomic E-state index is 9.53. The van der Waals surface area contributed by atoms with Gasteiger partial charge in [-0.3, -0.25) is 0 Å². The molecule has 1 aromatic carbocycles. The first kappa shape index (κ1) is 19.6. The number of phenolic OH excluding ortho intramolecular Hbond substituents is 1. The highest BCUT2D eigenvalue weighted by Crippen LogP contribution is 2.26. The summed E-state index contributed by atoms with van der Waals surface area (Å²) in [5.74, 6) is 0.655. The smallest absolute Gasteiger partial charge is 0.161 e. The molecule has 0 radical (unpaired) electrons. The van der Waals surface area contributed by atoms with E-state index in [2.05, 4.69) is 6.92 Å². The van der Waals surface area contributed by atoms with E-state index in [-0.39, 0.29) is 5.75 Å². The number of benzene rings is 1. The molecule has 0 aliphatic heterocycles. The lowest BCUT2D eigenvalue weighted by molar-refractivity contribution is 0.157. The zero-order valence-electron chi connectivity index (χ0n) is 14.7. The number of phenols is 1. The molecule has 0 aliphatic carbocycles. The van der Waals surface area contributed by atoms with Crippen LogP contribution >= 0.6 is 0 Å². The van der Waals surface area contributed by atoms with Gasteiger partial charge < -0.3 is 14.6 Å². The average molecular weight is 320 g/mol. The molecule has 0 heterocycles. The third-order valence-electron chi connectivity index (χ3n) is 3.87. The largest absolute Gasteiger partial charge is 0.504 e. The van der Waals surface area contributed by atoms with Gasteiger partial charge in [0.05, 0.1) is 13.7 Å². The monoisotopic (exact) mass is 320 g/mol. The summed E-state index contributed by atoms with van der Waals surface area (Å²) in [4.78, 5) is 0. The number of ether oxygens (including phenoxy) is 2. The van der Waals surface area contributed by atoms with Gasteiger partial charge in [-0.15, -0.1) is 0 Å². The molecule has 0 amide bonds. The second-order valence-electron chi connectivity index (χ2n) is 5.88. The van der Waals surface area contributed by atoms with Crippen LogP contribution in [0.3, 0.4) is 0 Å². The van der Waals surface area contributed by atoms with Crippen molar-refractivity contribution in [2.45, 2.75) is 58.3 Å². The predicted molar refractivity (Wildman–Crippen MR) is 97.1 cm³/mol. The lowest BCUT2D eigenvalue weighted by Gasteiger charge is -2.04. The van der Waals surface area contributed by atoms with Gasteiger partial charge in [0.2, 0.25) is 0 Å². The fourth-order valence-corrected chi connectivity index (χ4v) is 2.47. The van der Waals surface area contributed by atoms with Gasteiger partial charge in [-0.05, 0) is 24.1 Å². The van der Waals surface area contributed by atoms with Crippen molar-refractivity contribution in [1.29, 1.82) is 0 Å². The minimum Gasteiger partial charge on any atom is -0.504 e. The number of unbranched alkanes of at least 4 members (excludes halogenated alkanes) is 7. The van der Waals surface area contributed by atoms with E-state index in [9.17, 15) is 5.11 Å². The van der Waals surface area contributed by atoms with E-state index in [1.807, 2.05) is 24.3 Å². The van der Waals surface area contributed by atoms with Crippen molar-refractivity contribution in [1.82, 2.24) is 0 Å². The van der Waals surface area contributed by atoms with Gasteiger partial charge in [-0.25, -0.2) is 0 Å². The van der Waals surface area contributed by atoms with Gasteiger partial charge in [-0.1, -0.05) is 70.1 Å². The van der Waals surface area contributed by atoms with Crippen LogP contribution in [0, 0.1) is 0 Å². The molecule has 1 N–H and O–H groups in total. The zero-order chi connectivity index (χ0) is 16.8. The Labute approximate surface area is 141 Å². The highest BCUT2D eigenvalue weighted by Gasteiger charge is 2.00. The molecule has 0 saturated carbocycles. The third-order valence-corrected chi connectivity index (χ3v) is 3.87. The fourth-order valence-electron chi connectivity index (χ4n) is 2.47. The maximum absolute atomic E-state index is 9.53. The van der Waals surface area contributed by atoms with Crippen molar-refractivity contribution in [3.8, 4) is 11.5 Å². The number of hydrogen-bond acceptors (Lipinski definition) is 3. The topological polar surface area (TPSA) is 38.7 Å². The molecular formula is C20H32O3. The van der Waals surface area contributed by atoms with Crippen molar-refractivity contribution in [2.75, 3.05) is 20.3 Å². The van der Waals surface area contributed by atoms with Gasteiger partial charge in [0.1, 0.15) is 0 Å². The Hall–Kier alpha value is -1.48. The zero-order valence-corrected chi connectivity index (χ0v) is 14.7. The van der Waals surface area contributed by atoms with Crippen LogP contribution in [0.1, 0.15) is 63.9 Å². The van der Waals surface area contributed by atoms with E-state index in [4.69, 9.17) is 9.47 Å². The molecule has 0 aromatic heterocycles. The molecule has 0 aliphatic rings. The van der Waals surface area contributed by atoms with E-state index < -0.39 is 0 Å². The van der Waals surface area contributed by atoms with Crippen molar-refractivity contribution in [2.24, 2.45) is 0 Å². The molecule has 0 fully saturated rings. The molecule has 0 atom stereocenters. The van der Waals surface area contributed by atoms with Crippen molar-refractivity contribution in [3.05, 3.63) is 29.8 Å². The molecule has 0 spiro atoms. The number of rotatable bonds is 13. The van der Waals surface area contributed by atoms with E-state index in [1.54, 1.807) is 13.2 Å². The summed E-state index contributed by atoms with van der Waals surface area (Å²) in [6.07, 6.45) is 14.6. The van der Waals surface area contributed by atoms with Gasteiger partial charge in [0.25, 0.3) is 0 Å². The average Bonchev–Trinajstić information content (AvgIpc) is 2.57. The van der Waals surface area contributed by atoms with Crippen LogP contribution in [0.4, 0.5) is 0 Å². The second-order valence-corrected chi connectivity index (χ2v) is 5.88. The van der Waals surface area contributed by atoms with Crippen LogP contribution in [-0.4, -0.2) is 25.4 Å². The Morgan fingerprint density at radius 3 is 2.39 bits per heavy atom. The van der Waals surface area contributed by atoms with Gasteiger partial charge in [-0.2, -0.15) is 0 Å². The normalized spacial score (nSPS) is 11.2. The summed E-state index contributed by atoms with van der Waals surface area (Å²) in [6.45, 7) is 3.71. The first-order valence-corrected chi connectivity index (χ1v) is 8.89. The Morgan fingerprint density at radius 2 is 1.70 bits per heavy atom. The minimum absolute atomic E-state index is 0.163. The van der Waals surface area contributed by atoms with Crippen molar-refractivity contribution < 1.29 is 14.6 Å². The number of methoxy groups -OCH3 is 1. The van der Waals surface area contributed by atoms with Gasteiger partial charge in [0, 0.05) is 6.61 Å². The molecule has 0 unspecified atom stereocenters. The summed E-state index contributed by atoms with van der Waals surface area (Å²) in [6, 6.07) is 5.30. The standard InChI is InChI=1S/C20H32O3/c1-3-4-5-6-7-8-9-10-15-23-16-11-12-18-13-14-19(21)20(17-18)22-2/h11-14,17,21H,3-10,15-16H2,1-2H3/b12-11+. The van der Waals surface area contributed by atoms with Gasteiger partial charge >= 0.3 is 0 Å². The van der Waals surface area contributed by atoms with Crippen LogP contribution in [0.5, 0.6) is 11.5 Å². The fraction of sp³-hybridized carbons (Fsp3) is 0.600. The van der Waals surface area contributed by atoms with E-state index in [0.29, 0.717) is 12.4 Å². The van der Waals surface area contributed by atoms with E-state index >= 15 is 0 Å². The van der Waals surface area contributed by atoms with Crippen LogP contribution in [0.15, 0.2) is 24.3 Å². The third kappa shape index (κ3) is 9.29. The van der Waals surface area contributed by atoms with Gasteiger partial charge in [0.15, 0.2) is 11.5 Å². The predicted octanol–water partition coefficient (Wildman–Crippen LogP) is 5.57. The molecule has 3 heteroatoms. The SMILES string of the molecule is CCCCCCCCCCOC/C=C/c1ccc(O)c(OC)c1. The molecule has 23 heavy (non-hydrogen) atoms.